The lowest BCUT2D eigenvalue weighted by Crippen LogP contribution is -2.13. The number of rotatable bonds is 6. The van der Waals surface area contributed by atoms with Crippen LogP contribution in [0.25, 0.3) is 22.6 Å². The van der Waals surface area contributed by atoms with Gasteiger partial charge in [-0.1, -0.05) is 60.5 Å². The maximum absolute atomic E-state index is 12.2. The van der Waals surface area contributed by atoms with Gasteiger partial charge < -0.3 is 9.15 Å². The molecule has 0 atom stereocenters. The standard InChI is InChI=1S/C26H20N2O5S/c1-2-8-24(29)32-20-15-13-18(14-16-20)17-23-28-25(19-9-4-3-5-10-19)26(33-23)21-11-6-7-12-22(21)34(27,30)31/h3-7,9-16H,17H2,1H3,(H2,27,30,31). The molecule has 2 N–H and O–H groups in total. The van der Waals surface area contributed by atoms with Crippen molar-refractivity contribution < 1.29 is 22.4 Å². The molecule has 0 spiro atoms. The molecule has 4 aromatic rings. The van der Waals surface area contributed by atoms with E-state index in [1.54, 1.807) is 49.4 Å². The third kappa shape index (κ3) is 5.23. The molecule has 4 rings (SSSR count). The summed E-state index contributed by atoms with van der Waals surface area (Å²) in [6.45, 7) is 1.56. The Morgan fingerprint density at radius 1 is 1.00 bits per heavy atom. The fourth-order valence-electron chi connectivity index (χ4n) is 3.40. The molecule has 3 aromatic carbocycles. The van der Waals surface area contributed by atoms with Crippen molar-refractivity contribution in [3.8, 4) is 40.2 Å². The van der Waals surface area contributed by atoms with E-state index in [4.69, 9.17) is 14.3 Å². The Bertz CT molecular complexity index is 1500. The van der Waals surface area contributed by atoms with E-state index in [1.165, 1.54) is 6.07 Å². The first-order valence-corrected chi connectivity index (χ1v) is 11.8. The van der Waals surface area contributed by atoms with E-state index in [0.717, 1.165) is 11.1 Å². The second kappa shape index (κ2) is 9.75. The van der Waals surface area contributed by atoms with E-state index >= 15 is 0 Å². The minimum absolute atomic E-state index is 0.0452. The average Bonchev–Trinajstić information content (AvgIpc) is 3.24. The number of primary sulfonamides is 1. The van der Waals surface area contributed by atoms with Crippen LogP contribution in [0.5, 0.6) is 5.75 Å². The number of carbonyl (C=O) groups is 1. The van der Waals surface area contributed by atoms with Gasteiger partial charge in [0, 0.05) is 23.5 Å². The molecule has 0 aliphatic rings. The number of sulfonamides is 1. The van der Waals surface area contributed by atoms with Crippen molar-refractivity contribution in [2.24, 2.45) is 5.14 Å². The van der Waals surface area contributed by atoms with Crippen LogP contribution in [-0.2, 0) is 21.2 Å². The van der Waals surface area contributed by atoms with Gasteiger partial charge in [0.1, 0.15) is 11.4 Å². The van der Waals surface area contributed by atoms with Crippen LogP contribution in [0.2, 0.25) is 0 Å². The molecule has 0 aliphatic carbocycles. The number of hydrogen-bond donors (Lipinski definition) is 1. The van der Waals surface area contributed by atoms with Crippen LogP contribution in [0, 0.1) is 11.8 Å². The Morgan fingerprint density at radius 3 is 2.35 bits per heavy atom. The van der Waals surface area contributed by atoms with Gasteiger partial charge in [-0.25, -0.2) is 23.3 Å². The summed E-state index contributed by atoms with van der Waals surface area (Å²) in [6.07, 6.45) is 0.334. The predicted octanol–water partition coefficient (Wildman–Crippen LogP) is 4.18. The summed E-state index contributed by atoms with van der Waals surface area (Å²) in [5.74, 6) is 5.25. The van der Waals surface area contributed by atoms with Crippen molar-refractivity contribution >= 4 is 16.0 Å². The van der Waals surface area contributed by atoms with E-state index in [2.05, 4.69) is 16.8 Å². The van der Waals surface area contributed by atoms with Crippen LogP contribution in [0.3, 0.4) is 0 Å². The van der Waals surface area contributed by atoms with Gasteiger partial charge in [0.2, 0.25) is 10.0 Å². The van der Waals surface area contributed by atoms with Crippen LogP contribution in [0.15, 0.2) is 88.2 Å². The summed E-state index contributed by atoms with van der Waals surface area (Å²) in [5.41, 5.74) is 2.47. The molecule has 1 heterocycles. The van der Waals surface area contributed by atoms with E-state index in [-0.39, 0.29) is 4.90 Å². The fourth-order valence-corrected chi connectivity index (χ4v) is 4.14. The number of aromatic nitrogens is 1. The molecule has 0 aliphatic heterocycles. The minimum atomic E-state index is -3.99. The number of esters is 1. The molecule has 0 saturated carbocycles. The Morgan fingerprint density at radius 2 is 1.68 bits per heavy atom. The minimum Gasteiger partial charge on any atom is -0.440 e. The monoisotopic (exact) mass is 472 g/mol. The highest BCUT2D eigenvalue weighted by Gasteiger charge is 2.23. The Hall–Kier alpha value is -4.19. The van der Waals surface area contributed by atoms with E-state index < -0.39 is 16.0 Å². The number of ether oxygens (including phenoxy) is 1. The van der Waals surface area contributed by atoms with Gasteiger partial charge in [0.15, 0.2) is 11.7 Å². The number of oxazole rings is 1. The number of hydrogen-bond acceptors (Lipinski definition) is 6. The van der Waals surface area contributed by atoms with Crippen molar-refractivity contribution in [2.75, 3.05) is 0 Å². The van der Waals surface area contributed by atoms with Crippen LogP contribution in [0.1, 0.15) is 18.4 Å². The van der Waals surface area contributed by atoms with Crippen molar-refractivity contribution in [2.45, 2.75) is 18.2 Å². The molecule has 0 radical (unpaired) electrons. The summed E-state index contributed by atoms with van der Waals surface area (Å²) in [6, 6.07) is 22.6. The largest absolute Gasteiger partial charge is 0.440 e. The number of benzene rings is 3. The SMILES string of the molecule is CC#CC(=O)Oc1ccc(Cc2nc(-c3ccccc3)c(-c3ccccc3S(N)(=O)=O)o2)cc1. The summed E-state index contributed by atoms with van der Waals surface area (Å²) in [7, 11) is -3.99. The van der Waals surface area contributed by atoms with Crippen molar-refractivity contribution in [3.63, 3.8) is 0 Å². The topological polar surface area (TPSA) is 112 Å². The van der Waals surface area contributed by atoms with Gasteiger partial charge in [-0.05, 0) is 36.8 Å². The van der Waals surface area contributed by atoms with Crippen molar-refractivity contribution in [1.82, 2.24) is 4.98 Å². The summed E-state index contributed by atoms with van der Waals surface area (Å²) < 4.78 is 35.6. The normalized spacial score (nSPS) is 10.9. The number of nitrogens with two attached hydrogens (primary N) is 1. The lowest BCUT2D eigenvalue weighted by molar-refractivity contribution is -0.128. The zero-order valence-corrected chi connectivity index (χ0v) is 19.0. The lowest BCUT2D eigenvalue weighted by atomic mass is 10.1. The molecule has 7 nitrogen and oxygen atoms in total. The lowest BCUT2D eigenvalue weighted by Gasteiger charge is -2.06. The molecule has 0 unspecified atom stereocenters. The Kier molecular flexibility index (Phi) is 6.59. The molecular formula is C26H20N2O5S. The number of nitrogens with zero attached hydrogens (tertiary/aromatic N) is 1. The number of carbonyl (C=O) groups excluding carboxylic acids is 1. The molecule has 0 amide bonds. The molecule has 1 aromatic heterocycles. The van der Waals surface area contributed by atoms with Gasteiger partial charge in [-0.15, -0.1) is 0 Å². The van der Waals surface area contributed by atoms with Crippen LogP contribution in [0.4, 0.5) is 0 Å². The highest BCUT2D eigenvalue weighted by atomic mass is 32.2. The third-order valence-corrected chi connectivity index (χ3v) is 5.84. The maximum atomic E-state index is 12.2. The van der Waals surface area contributed by atoms with E-state index in [0.29, 0.717) is 35.1 Å². The Labute approximate surface area is 197 Å². The third-order valence-electron chi connectivity index (χ3n) is 4.87. The average molecular weight is 473 g/mol. The first kappa shape index (κ1) is 23.0. The molecular weight excluding hydrogens is 452 g/mol. The molecule has 8 heteroatoms. The van der Waals surface area contributed by atoms with Gasteiger partial charge in [0.05, 0.1) is 4.90 Å². The predicted molar refractivity (Wildman–Crippen MR) is 127 cm³/mol. The zero-order chi connectivity index (χ0) is 24.1. The molecule has 34 heavy (non-hydrogen) atoms. The zero-order valence-electron chi connectivity index (χ0n) is 18.2. The van der Waals surface area contributed by atoms with Crippen molar-refractivity contribution in [1.29, 1.82) is 0 Å². The summed E-state index contributed by atoms with van der Waals surface area (Å²) in [5, 5.41) is 5.45. The maximum Gasteiger partial charge on any atom is 0.389 e. The highest BCUT2D eigenvalue weighted by molar-refractivity contribution is 7.89. The fraction of sp³-hybridized carbons (Fsp3) is 0.0769. The van der Waals surface area contributed by atoms with Crippen LogP contribution < -0.4 is 9.88 Å². The highest BCUT2D eigenvalue weighted by Crippen LogP contribution is 2.36. The summed E-state index contributed by atoms with van der Waals surface area (Å²) in [4.78, 5) is 16.1. The van der Waals surface area contributed by atoms with Crippen molar-refractivity contribution in [3.05, 3.63) is 90.3 Å². The quantitative estimate of drug-likeness (QED) is 0.195. The molecule has 0 fully saturated rings. The molecule has 0 bridgehead atoms. The van der Waals surface area contributed by atoms with Crippen LogP contribution >= 0.6 is 0 Å². The van der Waals surface area contributed by atoms with E-state index in [1.807, 2.05) is 30.3 Å². The second-order valence-corrected chi connectivity index (χ2v) is 8.81. The van der Waals surface area contributed by atoms with Gasteiger partial charge in [-0.2, -0.15) is 0 Å². The smallest absolute Gasteiger partial charge is 0.389 e. The van der Waals surface area contributed by atoms with Crippen LogP contribution in [-0.4, -0.2) is 19.4 Å². The Balaban J connectivity index is 1.72. The van der Waals surface area contributed by atoms with Gasteiger partial charge in [0.25, 0.3) is 0 Å². The molecule has 170 valence electrons. The molecule has 0 saturated heterocycles. The second-order valence-electron chi connectivity index (χ2n) is 7.28. The van der Waals surface area contributed by atoms with Gasteiger partial charge in [-0.3, -0.25) is 0 Å². The summed E-state index contributed by atoms with van der Waals surface area (Å²) >= 11 is 0. The van der Waals surface area contributed by atoms with E-state index in [9.17, 15) is 13.2 Å². The van der Waals surface area contributed by atoms with Gasteiger partial charge >= 0.3 is 5.97 Å². The first-order valence-electron chi connectivity index (χ1n) is 10.3. The first-order chi connectivity index (χ1) is 16.3.